The van der Waals surface area contributed by atoms with Gasteiger partial charge in [0.15, 0.2) is 0 Å². The van der Waals surface area contributed by atoms with Gasteiger partial charge < -0.3 is 19.5 Å². The fourth-order valence-corrected chi connectivity index (χ4v) is 3.67. The first-order valence-corrected chi connectivity index (χ1v) is 9.92. The molecule has 3 atom stereocenters. The summed E-state index contributed by atoms with van der Waals surface area (Å²) in [6.45, 7) is 4.18. The van der Waals surface area contributed by atoms with Crippen LogP contribution in [0.3, 0.4) is 0 Å². The SMILES string of the molecule is Cc1cncc(C(=O)N2C[C@@H](OCC3CC3)[C@H]3OCCC[C@H]32)c1.O=C(O)C(F)(F)F. The summed E-state index contributed by atoms with van der Waals surface area (Å²) < 4.78 is 43.8. The largest absolute Gasteiger partial charge is 0.490 e. The Morgan fingerprint density at radius 1 is 1.30 bits per heavy atom. The van der Waals surface area contributed by atoms with Crippen molar-refractivity contribution < 1.29 is 37.3 Å². The normalized spacial score (nSPS) is 25.9. The highest BCUT2D eigenvalue weighted by Crippen LogP contribution is 2.34. The molecule has 1 N–H and O–H groups in total. The van der Waals surface area contributed by atoms with Crippen LogP contribution in [-0.4, -0.2) is 71.1 Å². The molecule has 3 heterocycles. The van der Waals surface area contributed by atoms with Crippen molar-refractivity contribution in [2.75, 3.05) is 19.8 Å². The van der Waals surface area contributed by atoms with Crippen LogP contribution in [0.1, 0.15) is 41.6 Å². The van der Waals surface area contributed by atoms with Crippen molar-refractivity contribution in [2.24, 2.45) is 5.92 Å². The molecule has 1 saturated carbocycles. The average molecular weight is 430 g/mol. The van der Waals surface area contributed by atoms with Crippen LogP contribution in [0.4, 0.5) is 13.2 Å². The second kappa shape index (κ2) is 9.30. The number of rotatable bonds is 4. The summed E-state index contributed by atoms with van der Waals surface area (Å²) >= 11 is 0. The highest BCUT2D eigenvalue weighted by atomic mass is 19.4. The first-order valence-electron chi connectivity index (χ1n) is 9.92. The minimum absolute atomic E-state index is 0.0163. The molecule has 3 aliphatic rings. The van der Waals surface area contributed by atoms with Crippen LogP contribution in [0.5, 0.6) is 0 Å². The number of ether oxygens (including phenoxy) is 2. The van der Waals surface area contributed by atoms with E-state index in [1.54, 1.807) is 12.4 Å². The molecule has 10 heteroatoms. The number of pyridine rings is 1. The molecule has 0 radical (unpaired) electrons. The topological polar surface area (TPSA) is 89.0 Å². The number of aliphatic carboxylic acids is 1. The molecule has 1 aromatic rings. The van der Waals surface area contributed by atoms with Crippen molar-refractivity contribution in [2.45, 2.75) is 57.0 Å². The predicted octanol–water partition coefficient (Wildman–Crippen LogP) is 2.82. The van der Waals surface area contributed by atoms with Gasteiger partial charge in [-0.3, -0.25) is 9.78 Å². The summed E-state index contributed by atoms with van der Waals surface area (Å²) in [6.07, 6.45) is 2.96. The van der Waals surface area contributed by atoms with Crippen LogP contribution in [-0.2, 0) is 14.3 Å². The second-order valence-corrected chi connectivity index (χ2v) is 7.87. The summed E-state index contributed by atoms with van der Waals surface area (Å²) in [7, 11) is 0. The lowest BCUT2D eigenvalue weighted by atomic mass is 10.0. The van der Waals surface area contributed by atoms with Gasteiger partial charge in [0.25, 0.3) is 5.91 Å². The minimum Gasteiger partial charge on any atom is -0.475 e. The van der Waals surface area contributed by atoms with E-state index in [0.717, 1.165) is 37.5 Å². The molecule has 3 fully saturated rings. The van der Waals surface area contributed by atoms with Crippen molar-refractivity contribution >= 4 is 11.9 Å². The van der Waals surface area contributed by atoms with Crippen LogP contribution in [0.2, 0.25) is 0 Å². The zero-order valence-electron chi connectivity index (χ0n) is 16.6. The maximum Gasteiger partial charge on any atom is 0.490 e. The first-order chi connectivity index (χ1) is 14.2. The van der Waals surface area contributed by atoms with Crippen molar-refractivity contribution in [1.82, 2.24) is 9.88 Å². The van der Waals surface area contributed by atoms with Gasteiger partial charge >= 0.3 is 12.1 Å². The van der Waals surface area contributed by atoms with Gasteiger partial charge in [0.1, 0.15) is 12.2 Å². The zero-order chi connectivity index (χ0) is 21.9. The number of aryl methyl sites for hydroxylation is 1. The van der Waals surface area contributed by atoms with Gasteiger partial charge in [0, 0.05) is 25.6 Å². The molecule has 2 aliphatic heterocycles. The van der Waals surface area contributed by atoms with Gasteiger partial charge in [0.05, 0.1) is 18.2 Å². The number of alkyl halides is 3. The molecule has 0 unspecified atom stereocenters. The van der Waals surface area contributed by atoms with Crippen LogP contribution >= 0.6 is 0 Å². The first kappa shape index (κ1) is 22.5. The fraction of sp³-hybridized carbons (Fsp3) is 0.650. The maximum atomic E-state index is 12.9. The molecule has 0 bridgehead atoms. The molecule has 7 nitrogen and oxygen atoms in total. The Morgan fingerprint density at radius 3 is 2.60 bits per heavy atom. The number of hydrogen-bond donors (Lipinski definition) is 1. The molecular weight excluding hydrogens is 405 g/mol. The number of likely N-dealkylation sites (tertiary alicyclic amines) is 1. The third kappa shape index (κ3) is 5.69. The molecule has 1 aromatic heterocycles. The van der Waals surface area contributed by atoms with Crippen LogP contribution in [0.15, 0.2) is 18.5 Å². The number of hydrogen-bond acceptors (Lipinski definition) is 5. The highest BCUT2D eigenvalue weighted by Gasteiger charge is 2.47. The highest BCUT2D eigenvalue weighted by molar-refractivity contribution is 5.94. The Bertz CT molecular complexity index is 769. The predicted molar refractivity (Wildman–Crippen MR) is 98.9 cm³/mol. The third-order valence-corrected chi connectivity index (χ3v) is 5.35. The van der Waals surface area contributed by atoms with E-state index >= 15 is 0 Å². The lowest BCUT2D eigenvalue weighted by Gasteiger charge is -2.32. The molecule has 1 aliphatic carbocycles. The summed E-state index contributed by atoms with van der Waals surface area (Å²) in [5.41, 5.74) is 1.67. The van der Waals surface area contributed by atoms with Gasteiger partial charge in [-0.25, -0.2) is 4.79 Å². The quantitative estimate of drug-likeness (QED) is 0.790. The Hall–Kier alpha value is -2.20. The molecule has 2 saturated heterocycles. The number of carboxylic acid groups (broad SMARTS) is 1. The molecular formula is C20H25F3N2O5. The summed E-state index contributed by atoms with van der Waals surface area (Å²) in [6, 6.07) is 2.05. The van der Waals surface area contributed by atoms with Crippen molar-refractivity contribution in [3.05, 3.63) is 29.6 Å². The molecule has 166 valence electrons. The van der Waals surface area contributed by atoms with E-state index in [2.05, 4.69) is 4.98 Å². The number of carbonyl (C=O) groups is 2. The van der Waals surface area contributed by atoms with Gasteiger partial charge in [-0.1, -0.05) is 0 Å². The number of carbonyl (C=O) groups excluding carboxylic acids is 1. The number of carboxylic acids is 1. The second-order valence-electron chi connectivity index (χ2n) is 7.87. The zero-order valence-corrected chi connectivity index (χ0v) is 16.6. The van der Waals surface area contributed by atoms with E-state index in [-0.39, 0.29) is 24.2 Å². The van der Waals surface area contributed by atoms with E-state index in [9.17, 15) is 18.0 Å². The lowest BCUT2D eigenvalue weighted by Crippen LogP contribution is -2.44. The standard InChI is InChI=1S/C18H24N2O3.C2HF3O2/c1-12-7-14(9-19-8-12)18(21)20-10-16(23-11-13-4-5-13)17-15(20)3-2-6-22-17;3-2(4,5)1(6)7/h7-9,13,15-17H,2-6,10-11H2,1H3;(H,6,7)/t15-,16-,17+;/m1./s1. The van der Waals surface area contributed by atoms with Gasteiger partial charge in [-0.2, -0.15) is 13.2 Å². The van der Waals surface area contributed by atoms with Gasteiger partial charge in [0.2, 0.25) is 0 Å². The molecule has 4 rings (SSSR count). The van der Waals surface area contributed by atoms with Crippen LogP contribution in [0, 0.1) is 12.8 Å². The van der Waals surface area contributed by atoms with Crippen LogP contribution < -0.4 is 0 Å². The third-order valence-electron chi connectivity index (χ3n) is 5.35. The minimum atomic E-state index is -5.08. The number of aromatic nitrogens is 1. The average Bonchev–Trinajstić information content (AvgIpc) is 3.46. The number of fused-ring (bicyclic) bond motifs is 1. The summed E-state index contributed by atoms with van der Waals surface area (Å²) in [4.78, 5) is 27.9. The monoisotopic (exact) mass is 430 g/mol. The molecule has 0 aromatic carbocycles. The van der Waals surface area contributed by atoms with E-state index in [4.69, 9.17) is 19.4 Å². The van der Waals surface area contributed by atoms with E-state index in [1.165, 1.54) is 12.8 Å². The molecule has 1 amide bonds. The Kier molecular flexibility index (Phi) is 6.97. The van der Waals surface area contributed by atoms with Crippen molar-refractivity contribution in [3.8, 4) is 0 Å². The smallest absolute Gasteiger partial charge is 0.475 e. The summed E-state index contributed by atoms with van der Waals surface area (Å²) in [5.74, 6) is -1.98. The van der Waals surface area contributed by atoms with Gasteiger partial charge in [-0.15, -0.1) is 0 Å². The Balaban J connectivity index is 0.000000318. The number of halogens is 3. The lowest BCUT2D eigenvalue weighted by molar-refractivity contribution is -0.192. The van der Waals surface area contributed by atoms with E-state index < -0.39 is 12.1 Å². The van der Waals surface area contributed by atoms with Crippen molar-refractivity contribution in [3.63, 3.8) is 0 Å². The Labute approximate surface area is 172 Å². The van der Waals surface area contributed by atoms with Crippen LogP contribution in [0.25, 0.3) is 0 Å². The summed E-state index contributed by atoms with van der Waals surface area (Å²) in [5, 5.41) is 7.12. The molecule has 0 spiro atoms. The number of amides is 1. The van der Waals surface area contributed by atoms with E-state index in [0.29, 0.717) is 12.1 Å². The Morgan fingerprint density at radius 2 is 2.00 bits per heavy atom. The van der Waals surface area contributed by atoms with Gasteiger partial charge in [-0.05, 0) is 50.2 Å². The molecule has 30 heavy (non-hydrogen) atoms. The fourth-order valence-electron chi connectivity index (χ4n) is 3.67. The maximum absolute atomic E-state index is 12.9. The van der Waals surface area contributed by atoms with E-state index in [1.807, 2.05) is 17.9 Å². The van der Waals surface area contributed by atoms with Crippen molar-refractivity contribution in [1.29, 1.82) is 0 Å². The number of nitrogens with zero attached hydrogens (tertiary/aromatic N) is 2.